The van der Waals surface area contributed by atoms with E-state index in [9.17, 15) is 14.4 Å². The van der Waals surface area contributed by atoms with Crippen molar-refractivity contribution in [2.24, 2.45) is 17.6 Å². The van der Waals surface area contributed by atoms with Crippen LogP contribution in [0.15, 0.2) is 12.3 Å². The number of ketones is 1. The van der Waals surface area contributed by atoms with Crippen LogP contribution < -0.4 is 16.4 Å². The first kappa shape index (κ1) is 14.6. The van der Waals surface area contributed by atoms with Crippen LogP contribution in [0.5, 0.6) is 0 Å². The van der Waals surface area contributed by atoms with Gasteiger partial charge in [0, 0.05) is 12.1 Å². The predicted octanol–water partition coefficient (Wildman–Crippen LogP) is 0.920. The topological polar surface area (TPSA) is 114 Å². The average molecular weight is 302 g/mol. The molecule has 0 atom stereocenters. The van der Waals surface area contributed by atoms with Gasteiger partial charge >= 0.3 is 0 Å². The normalized spacial score (nSPS) is 23.9. The first-order valence-electron chi connectivity index (χ1n) is 7.45. The van der Waals surface area contributed by atoms with E-state index < -0.39 is 11.7 Å². The standard InChI is InChI=1S/C15H18N4O3/c16-7-8-1-3-9(4-2-8)14(21)18-10-5-6-17-13-11(10)12(20)15(22)19-13/h5-6,8-9H,1-4,7,16H2,(H2,17,18,19,20,21,22). The van der Waals surface area contributed by atoms with Crippen molar-refractivity contribution in [1.29, 1.82) is 0 Å². The van der Waals surface area contributed by atoms with Crippen molar-refractivity contribution in [1.82, 2.24) is 4.98 Å². The molecule has 116 valence electrons. The summed E-state index contributed by atoms with van der Waals surface area (Å²) in [6.45, 7) is 0.661. The maximum absolute atomic E-state index is 12.4. The number of carbonyl (C=O) groups is 3. The maximum Gasteiger partial charge on any atom is 0.298 e. The van der Waals surface area contributed by atoms with Gasteiger partial charge in [-0.2, -0.15) is 0 Å². The third kappa shape index (κ3) is 2.59. The average Bonchev–Trinajstić information content (AvgIpc) is 2.83. The molecule has 0 radical (unpaired) electrons. The monoisotopic (exact) mass is 302 g/mol. The van der Waals surface area contributed by atoms with Crippen LogP contribution in [-0.2, 0) is 9.59 Å². The summed E-state index contributed by atoms with van der Waals surface area (Å²) < 4.78 is 0. The van der Waals surface area contributed by atoms with E-state index in [4.69, 9.17) is 5.73 Å². The summed E-state index contributed by atoms with van der Waals surface area (Å²) in [6, 6.07) is 1.54. The molecule has 2 aliphatic rings. The zero-order chi connectivity index (χ0) is 15.7. The van der Waals surface area contributed by atoms with Crippen LogP contribution in [0.4, 0.5) is 11.5 Å². The maximum atomic E-state index is 12.4. The summed E-state index contributed by atoms with van der Waals surface area (Å²) in [5.74, 6) is -0.863. The summed E-state index contributed by atoms with van der Waals surface area (Å²) in [6.07, 6.45) is 4.95. The number of hydrogen-bond donors (Lipinski definition) is 3. The van der Waals surface area contributed by atoms with Crippen molar-refractivity contribution in [3.63, 3.8) is 0 Å². The van der Waals surface area contributed by atoms with E-state index in [1.807, 2.05) is 0 Å². The summed E-state index contributed by atoms with van der Waals surface area (Å²) >= 11 is 0. The van der Waals surface area contributed by atoms with E-state index in [1.54, 1.807) is 6.07 Å². The Kier molecular flexibility index (Phi) is 3.89. The zero-order valence-corrected chi connectivity index (χ0v) is 12.1. The number of amides is 2. The second-order valence-electron chi connectivity index (χ2n) is 5.81. The molecule has 7 nitrogen and oxygen atoms in total. The molecule has 0 saturated heterocycles. The highest BCUT2D eigenvalue weighted by Crippen LogP contribution is 2.31. The lowest BCUT2D eigenvalue weighted by Crippen LogP contribution is -2.29. The van der Waals surface area contributed by atoms with E-state index in [-0.39, 0.29) is 23.2 Å². The first-order valence-corrected chi connectivity index (χ1v) is 7.45. The Morgan fingerprint density at radius 1 is 1.32 bits per heavy atom. The van der Waals surface area contributed by atoms with Gasteiger partial charge in [0.05, 0.1) is 11.3 Å². The molecule has 1 saturated carbocycles. The van der Waals surface area contributed by atoms with Crippen molar-refractivity contribution in [3.05, 3.63) is 17.8 Å². The van der Waals surface area contributed by atoms with Gasteiger partial charge < -0.3 is 16.4 Å². The molecule has 1 fully saturated rings. The highest BCUT2D eigenvalue weighted by molar-refractivity contribution is 6.52. The van der Waals surface area contributed by atoms with Crippen LogP contribution in [0.2, 0.25) is 0 Å². The van der Waals surface area contributed by atoms with Crippen LogP contribution in [0.25, 0.3) is 0 Å². The second-order valence-corrected chi connectivity index (χ2v) is 5.81. The van der Waals surface area contributed by atoms with E-state index in [0.717, 1.165) is 25.7 Å². The third-order valence-corrected chi connectivity index (χ3v) is 4.42. The lowest BCUT2D eigenvalue weighted by molar-refractivity contribution is -0.121. The van der Waals surface area contributed by atoms with Gasteiger partial charge in [-0.15, -0.1) is 0 Å². The largest absolute Gasteiger partial charge is 0.330 e. The number of nitrogens with one attached hydrogen (secondary N) is 2. The van der Waals surface area contributed by atoms with Crippen LogP contribution in [-0.4, -0.2) is 29.1 Å². The van der Waals surface area contributed by atoms with Crippen molar-refractivity contribution in [3.8, 4) is 0 Å². The Hall–Kier alpha value is -2.28. The van der Waals surface area contributed by atoms with Crippen LogP contribution in [0.3, 0.4) is 0 Å². The first-order chi connectivity index (χ1) is 10.6. The van der Waals surface area contributed by atoms with Gasteiger partial charge in [-0.3, -0.25) is 14.4 Å². The van der Waals surface area contributed by atoms with Gasteiger partial charge in [0.15, 0.2) is 0 Å². The summed E-state index contributed by atoms with van der Waals surface area (Å²) in [4.78, 5) is 39.6. The van der Waals surface area contributed by atoms with E-state index in [2.05, 4.69) is 15.6 Å². The van der Waals surface area contributed by atoms with Gasteiger partial charge in [0.1, 0.15) is 5.82 Å². The minimum atomic E-state index is -0.715. The summed E-state index contributed by atoms with van der Waals surface area (Å²) in [7, 11) is 0. The van der Waals surface area contributed by atoms with E-state index in [0.29, 0.717) is 18.2 Å². The number of Topliss-reactive ketones (excluding diaryl/α,β-unsaturated/α-hetero) is 1. The van der Waals surface area contributed by atoms with E-state index in [1.165, 1.54) is 6.20 Å². The van der Waals surface area contributed by atoms with Crippen LogP contribution in [0, 0.1) is 11.8 Å². The molecule has 0 unspecified atom stereocenters. The molecule has 4 N–H and O–H groups in total. The lowest BCUT2D eigenvalue weighted by atomic mass is 9.81. The number of hydrogen-bond acceptors (Lipinski definition) is 5. The number of nitrogens with two attached hydrogens (primary N) is 1. The highest BCUT2D eigenvalue weighted by atomic mass is 16.2. The van der Waals surface area contributed by atoms with Gasteiger partial charge in [0.25, 0.3) is 11.7 Å². The Balaban J connectivity index is 1.72. The Labute approximate surface area is 127 Å². The van der Waals surface area contributed by atoms with Gasteiger partial charge in [-0.1, -0.05) is 0 Å². The smallest absolute Gasteiger partial charge is 0.298 e. The fourth-order valence-electron chi connectivity index (χ4n) is 3.06. The zero-order valence-electron chi connectivity index (χ0n) is 12.1. The summed E-state index contributed by atoms with van der Waals surface area (Å²) in [5.41, 5.74) is 6.15. The van der Waals surface area contributed by atoms with Crippen LogP contribution in [0.1, 0.15) is 36.0 Å². The van der Waals surface area contributed by atoms with Crippen molar-refractivity contribution in [2.45, 2.75) is 25.7 Å². The SMILES string of the molecule is NCC1CCC(C(=O)Nc2ccnc3c2C(=O)C(=O)N3)CC1. The number of anilines is 2. The van der Waals surface area contributed by atoms with Gasteiger partial charge in [-0.25, -0.2) is 4.98 Å². The van der Waals surface area contributed by atoms with E-state index >= 15 is 0 Å². The molecular formula is C15H18N4O3. The number of fused-ring (bicyclic) bond motifs is 1. The quantitative estimate of drug-likeness (QED) is 0.718. The Morgan fingerprint density at radius 3 is 2.73 bits per heavy atom. The van der Waals surface area contributed by atoms with Gasteiger partial charge in [-0.05, 0) is 44.2 Å². The van der Waals surface area contributed by atoms with Gasteiger partial charge in [0.2, 0.25) is 5.91 Å². The molecule has 1 aliphatic carbocycles. The number of carbonyl (C=O) groups excluding carboxylic acids is 3. The van der Waals surface area contributed by atoms with Crippen molar-refractivity contribution >= 4 is 29.1 Å². The number of nitrogens with zero attached hydrogens (tertiary/aromatic N) is 1. The molecule has 2 amide bonds. The molecule has 3 rings (SSSR count). The van der Waals surface area contributed by atoms with Crippen molar-refractivity contribution in [2.75, 3.05) is 17.2 Å². The van der Waals surface area contributed by atoms with Crippen molar-refractivity contribution < 1.29 is 14.4 Å². The molecule has 1 aromatic rings. The molecule has 0 spiro atoms. The Bertz CT molecular complexity index is 636. The third-order valence-electron chi connectivity index (χ3n) is 4.42. The number of aromatic nitrogens is 1. The molecule has 0 bridgehead atoms. The molecule has 1 aromatic heterocycles. The lowest BCUT2D eigenvalue weighted by Gasteiger charge is -2.26. The fourth-order valence-corrected chi connectivity index (χ4v) is 3.06. The molecule has 1 aliphatic heterocycles. The predicted molar refractivity (Wildman–Crippen MR) is 80.3 cm³/mol. The Morgan fingerprint density at radius 2 is 2.05 bits per heavy atom. The molecule has 0 aromatic carbocycles. The molecule has 22 heavy (non-hydrogen) atoms. The minimum Gasteiger partial charge on any atom is -0.330 e. The molecular weight excluding hydrogens is 284 g/mol. The molecule has 7 heteroatoms. The number of rotatable bonds is 3. The van der Waals surface area contributed by atoms with Crippen LogP contribution >= 0.6 is 0 Å². The number of pyridine rings is 1. The molecule has 2 heterocycles. The fraction of sp³-hybridized carbons (Fsp3) is 0.467. The highest BCUT2D eigenvalue weighted by Gasteiger charge is 2.33. The summed E-state index contributed by atoms with van der Waals surface area (Å²) in [5, 5.41) is 5.16. The second kappa shape index (κ2) is 5.84. The minimum absolute atomic E-state index is 0.0771.